The second kappa shape index (κ2) is 17.6. The lowest BCUT2D eigenvalue weighted by Crippen LogP contribution is -2.18. The molecule has 0 radical (unpaired) electrons. The number of hydrogen-bond acceptors (Lipinski definition) is 11. The highest BCUT2D eigenvalue weighted by Crippen LogP contribution is 2.33. The summed E-state index contributed by atoms with van der Waals surface area (Å²) in [6.45, 7) is 3.04. The Morgan fingerprint density at radius 3 is 1.67 bits per heavy atom. The van der Waals surface area contributed by atoms with Gasteiger partial charge in [0.15, 0.2) is 10.7 Å². The van der Waals surface area contributed by atoms with Crippen LogP contribution in [0.4, 0.5) is 28.4 Å². The van der Waals surface area contributed by atoms with E-state index in [0.717, 1.165) is 33.7 Å². The van der Waals surface area contributed by atoms with Crippen LogP contribution in [0.3, 0.4) is 0 Å². The third kappa shape index (κ3) is 9.63. The summed E-state index contributed by atoms with van der Waals surface area (Å²) in [5.74, 6) is -0.693. The van der Waals surface area contributed by atoms with Crippen LogP contribution in [0.2, 0.25) is 10.0 Å². The van der Waals surface area contributed by atoms with Gasteiger partial charge in [0.1, 0.15) is 15.4 Å². The van der Waals surface area contributed by atoms with Crippen molar-refractivity contribution in [3.05, 3.63) is 139 Å². The first-order valence-corrected chi connectivity index (χ1v) is 22.5. The van der Waals surface area contributed by atoms with Gasteiger partial charge in [0.05, 0.1) is 16.3 Å². The Bertz CT molecular complexity index is 2850. The number of halogens is 2. The predicted octanol–water partition coefficient (Wildman–Crippen LogP) is 9.73. The maximum absolute atomic E-state index is 13.3. The molecule has 0 atom stereocenters. The quantitative estimate of drug-likeness (QED) is 0.0983. The second-order valence-electron chi connectivity index (χ2n) is 12.6. The lowest BCUT2D eigenvalue weighted by molar-refractivity contribution is 0.102. The first-order valence-electron chi connectivity index (χ1n) is 17.0. The number of aryl methyl sites for hydroxylation is 2. The predicted molar refractivity (Wildman–Crippen MR) is 233 cm³/mol. The van der Waals surface area contributed by atoms with Crippen LogP contribution in [0.15, 0.2) is 122 Å². The number of amides is 2. The van der Waals surface area contributed by atoms with Crippen molar-refractivity contribution in [2.24, 2.45) is 0 Å². The molecule has 13 nitrogen and oxygen atoms in total. The number of anilines is 5. The zero-order chi connectivity index (χ0) is 41.8. The van der Waals surface area contributed by atoms with Crippen LogP contribution in [-0.4, -0.2) is 47.9 Å². The van der Waals surface area contributed by atoms with Crippen molar-refractivity contribution in [3.8, 4) is 0 Å². The van der Waals surface area contributed by atoms with Gasteiger partial charge in [0.25, 0.3) is 31.9 Å². The van der Waals surface area contributed by atoms with Gasteiger partial charge < -0.3 is 20.1 Å². The van der Waals surface area contributed by atoms with Gasteiger partial charge in [0, 0.05) is 52.0 Å². The lowest BCUT2D eigenvalue weighted by atomic mass is 10.1. The summed E-state index contributed by atoms with van der Waals surface area (Å²) in [6, 6.07) is 27.2. The number of aromatic nitrogens is 1. The molecular formula is C39H34Cl2N6O7S4. The fraction of sp³-hybridized carbons (Fsp3) is 0.103. The van der Waals surface area contributed by atoms with Crippen LogP contribution >= 0.6 is 45.9 Å². The molecule has 7 rings (SSSR count). The van der Waals surface area contributed by atoms with Crippen molar-refractivity contribution in [1.82, 2.24) is 5.16 Å². The largest absolute Gasteiger partial charge is 0.377 e. The van der Waals surface area contributed by atoms with E-state index in [0.29, 0.717) is 26.8 Å². The van der Waals surface area contributed by atoms with Crippen molar-refractivity contribution in [1.29, 1.82) is 0 Å². The van der Waals surface area contributed by atoms with Crippen LogP contribution in [0.1, 0.15) is 30.8 Å². The number of nitrogens with zero attached hydrogens (tertiary/aromatic N) is 2. The fourth-order valence-corrected chi connectivity index (χ4v) is 10.5. The minimum absolute atomic E-state index is 0.0371. The van der Waals surface area contributed by atoms with E-state index in [9.17, 15) is 26.4 Å². The van der Waals surface area contributed by atoms with Crippen molar-refractivity contribution in [2.45, 2.75) is 23.6 Å². The number of rotatable bonds is 11. The minimum atomic E-state index is -3.95. The van der Waals surface area contributed by atoms with Gasteiger partial charge in [-0.25, -0.2) is 16.8 Å². The van der Waals surface area contributed by atoms with Gasteiger partial charge >= 0.3 is 0 Å². The Kier molecular flexibility index (Phi) is 12.8. The zero-order valence-corrected chi connectivity index (χ0v) is 35.8. The molecule has 0 fully saturated rings. The molecule has 3 aromatic heterocycles. The minimum Gasteiger partial charge on any atom is -0.377 e. The molecule has 300 valence electrons. The highest BCUT2D eigenvalue weighted by Gasteiger charge is 2.27. The van der Waals surface area contributed by atoms with Crippen LogP contribution < -0.4 is 25.0 Å². The maximum Gasteiger partial charge on any atom is 0.267 e. The molecule has 0 aliphatic carbocycles. The average molecular weight is 898 g/mol. The summed E-state index contributed by atoms with van der Waals surface area (Å²) in [6.07, 6.45) is 0. The molecule has 4 N–H and O–H groups in total. The monoisotopic (exact) mass is 896 g/mol. The summed E-state index contributed by atoms with van der Waals surface area (Å²) in [5, 5.41) is 14.8. The van der Waals surface area contributed by atoms with Gasteiger partial charge in [-0.15, -0.1) is 22.7 Å². The topological polar surface area (TPSA) is 180 Å². The van der Waals surface area contributed by atoms with Crippen molar-refractivity contribution in [3.63, 3.8) is 0 Å². The SMILES string of the molecule is CN(C)c1cccc2c(S(=O)(=O)Nc3ccsc3C(=O)Nc3cccc(Cl)c3)cccc12.Cc1noc(C)c1S(=O)(=O)Nc1ccsc1C(=O)Nc1cccc(Cl)c1. The molecule has 7 aromatic rings. The van der Waals surface area contributed by atoms with E-state index in [1.807, 2.05) is 37.2 Å². The molecule has 3 heterocycles. The smallest absolute Gasteiger partial charge is 0.267 e. The normalized spacial score (nSPS) is 11.3. The molecule has 0 saturated heterocycles. The Morgan fingerprint density at radius 2 is 1.17 bits per heavy atom. The molecule has 0 unspecified atom stereocenters. The van der Waals surface area contributed by atoms with E-state index >= 15 is 0 Å². The highest BCUT2D eigenvalue weighted by molar-refractivity contribution is 7.93. The van der Waals surface area contributed by atoms with Gasteiger partial charge in [-0.2, -0.15) is 0 Å². The third-order valence-corrected chi connectivity index (χ3v) is 13.6. The fourth-order valence-electron chi connectivity index (χ4n) is 5.78. The Balaban J connectivity index is 0.000000200. The highest BCUT2D eigenvalue weighted by atomic mass is 35.5. The third-order valence-electron chi connectivity index (χ3n) is 8.26. The molecular weight excluding hydrogens is 864 g/mol. The first-order chi connectivity index (χ1) is 27.5. The van der Waals surface area contributed by atoms with Gasteiger partial charge in [-0.3, -0.25) is 19.0 Å². The Morgan fingerprint density at radius 1 is 0.672 bits per heavy atom. The summed E-state index contributed by atoms with van der Waals surface area (Å²) in [5.41, 5.74) is 2.59. The van der Waals surface area contributed by atoms with Gasteiger partial charge in [-0.1, -0.05) is 64.8 Å². The van der Waals surface area contributed by atoms with E-state index in [4.69, 9.17) is 27.7 Å². The summed E-state index contributed by atoms with van der Waals surface area (Å²) in [7, 11) is -4.07. The number of hydrogen-bond donors (Lipinski definition) is 4. The van der Waals surface area contributed by atoms with Crippen LogP contribution in [0.25, 0.3) is 10.8 Å². The second-order valence-corrected chi connectivity index (χ2v) is 18.6. The Labute approximate surface area is 352 Å². The van der Waals surface area contributed by atoms with Crippen molar-refractivity contribution in [2.75, 3.05) is 39.1 Å². The number of benzene rings is 4. The van der Waals surface area contributed by atoms with Crippen molar-refractivity contribution < 1.29 is 30.9 Å². The number of carbonyl (C=O) groups excluding carboxylic acids is 2. The maximum atomic E-state index is 13.3. The number of nitrogens with one attached hydrogen (secondary N) is 4. The van der Waals surface area contributed by atoms with Crippen LogP contribution in [0, 0.1) is 13.8 Å². The Hall–Kier alpha value is -5.43. The van der Waals surface area contributed by atoms with Gasteiger partial charge in [-0.05, 0) is 85.3 Å². The molecule has 0 aliphatic rings. The zero-order valence-electron chi connectivity index (χ0n) is 31.0. The first kappa shape index (κ1) is 42.2. The van der Waals surface area contributed by atoms with Gasteiger partial charge in [0.2, 0.25) is 0 Å². The van der Waals surface area contributed by atoms with E-state index < -0.39 is 31.9 Å². The van der Waals surface area contributed by atoms with E-state index in [1.165, 1.54) is 19.9 Å². The standard InChI is InChI=1S/C23H20ClN3O3S2.C16H14ClN3O4S2/c1-27(2)20-10-4-9-18-17(20)8-5-11-21(18)32(29,30)26-19-12-13-31-22(19)23(28)25-16-7-3-6-15(24)14-16;1-9-15(10(2)24-19-9)26(22,23)20-13-6-7-25-14(13)16(21)18-12-5-3-4-11(17)8-12/h3-14,26H,1-2H3,(H,25,28);3-8,20H,1-2H3,(H,18,21). The van der Waals surface area contributed by atoms with E-state index in [2.05, 4.69) is 25.2 Å². The summed E-state index contributed by atoms with van der Waals surface area (Å²) < 4.78 is 61.8. The van der Waals surface area contributed by atoms with E-state index in [1.54, 1.807) is 83.6 Å². The summed E-state index contributed by atoms with van der Waals surface area (Å²) >= 11 is 14.1. The lowest BCUT2D eigenvalue weighted by Gasteiger charge is -2.17. The number of thiophene rings is 2. The molecule has 19 heteroatoms. The van der Waals surface area contributed by atoms with Crippen LogP contribution in [-0.2, 0) is 20.0 Å². The van der Waals surface area contributed by atoms with Crippen molar-refractivity contribution >= 4 is 117 Å². The molecule has 0 spiro atoms. The summed E-state index contributed by atoms with van der Waals surface area (Å²) in [4.78, 5) is 27.8. The number of carbonyl (C=O) groups is 2. The molecule has 0 aliphatic heterocycles. The molecule has 0 bridgehead atoms. The molecule has 0 saturated carbocycles. The molecule has 58 heavy (non-hydrogen) atoms. The number of fused-ring (bicyclic) bond motifs is 1. The van der Waals surface area contributed by atoms with Crippen LogP contribution in [0.5, 0.6) is 0 Å². The molecule has 2 amide bonds. The number of sulfonamides is 2. The average Bonchev–Trinajstić information content (AvgIpc) is 3.91. The van der Waals surface area contributed by atoms with E-state index in [-0.39, 0.29) is 42.4 Å². The molecule has 4 aromatic carbocycles.